The second kappa shape index (κ2) is 2.65. The molecule has 0 aromatic heterocycles. The zero-order valence-electron chi connectivity index (χ0n) is 5.89. The van der Waals surface area contributed by atoms with E-state index < -0.39 is 0 Å². The van der Waals surface area contributed by atoms with Crippen LogP contribution in [-0.2, 0) is 0 Å². The summed E-state index contributed by atoms with van der Waals surface area (Å²) in [5, 5.41) is 0. The quantitative estimate of drug-likeness (QED) is 0.556. The first kappa shape index (κ1) is 7.00. The van der Waals surface area contributed by atoms with Crippen LogP contribution in [0.1, 0.15) is 11.1 Å². The normalized spacial score (nSPS) is 9.40. The highest BCUT2D eigenvalue weighted by Gasteiger charge is 1.97. The summed E-state index contributed by atoms with van der Waals surface area (Å²) < 4.78 is 12.5. The lowest BCUT2D eigenvalue weighted by atomic mass is 10.1. The molecule has 52 valence electrons. The van der Waals surface area contributed by atoms with E-state index in [0.29, 0.717) is 5.56 Å². The summed E-state index contributed by atoms with van der Waals surface area (Å²) in [6, 6.07) is 7.26. The Balaban J connectivity index is 3.15. The Bertz CT molecular complexity index is 251. The van der Waals surface area contributed by atoms with Crippen LogP contribution in [0.5, 0.6) is 0 Å². The highest BCUT2D eigenvalue weighted by atomic mass is 19.1. The molecular weight excluding hydrogens is 127 g/mol. The van der Waals surface area contributed by atoms with Crippen molar-refractivity contribution in [1.82, 2.24) is 0 Å². The van der Waals surface area contributed by atoms with Gasteiger partial charge in [0.15, 0.2) is 0 Å². The lowest BCUT2D eigenvalue weighted by Gasteiger charge is -1.98. The van der Waals surface area contributed by atoms with Gasteiger partial charge in [0.2, 0.25) is 0 Å². The van der Waals surface area contributed by atoms with Crippen LogP contribution in [-0.4, -0.2) is 0 Å². The van der Waals surface area contributed by atoms with Crippen molar-refractivity contribution in [2.24, 2.45) is 0 Å². The van der Waals surface area contributed by atoms with Gasteiger partial charge in [-0.05, 0) is 12.5 Å². The van der Waals surface area contributed by atoms with Crippen LogP contribution in [0.4, 0.5) is 4.39 Å². The molecule has 0 saturated carbocycles. The van der Waals surface area contributed by atoms with E-state index in [0.717, 1.165) is 5.56 Å². The number of hydrogen-bond donors (Lipinski definition) is 0. The maximum atomic E-state index is 12.5. The lowest BCUT2D eigenvalue weighted by molar-refractivity contribution is 0.762. The van der Waals surface area contributed by atoms with Gasteiger partial charge in [-0.2, -0.15) is 0 Å². The maximum Gasteiger partial charge on any atom is 0.123 e. The van der Waals surface area contributed by atoms with E-state index in [9.17, 15) is 4.39 Å². The van der Waals surface area contributed by atoms with Crippen molar-refractivity contribution in [3.05, 3.63) is 42.0 Å². The predicted octanol–water partition coefficient (Wildman–Crippen LogP) is 2.94. The van der Waals surface area contributed by atoms with E-state index in [1.807, 2.05) is 19.1 Å². The van der Waals surface area contributed by atoms with Gasteiger partial charge in [0, 0.05) is 5.56 Å². The lowest BCUT2D eigenvalue weighted by Crippen LogP contribution is -1.80. The minimum atomic E-state index is -0.363. The van der Waals surface area contributed by atoms with Crippen LogP contribution in [0.15, 0.2) is 30.8 Å². The molecule has 0 atom stereocenters. The minimum Gasteiger partial charge on any atom is -0.207 e. The molecule has 10 heavy (non-hydrogen) atoms. The van der Waals surface area contributed by atoms with Gasteiger partial charge in [0.1, 0.15) is 5.83 Å². The van der Waals surface area contributed by atoms with Gasteiger partial charge >= 0.3 is 0 Å². The summed E-state index contributed by atoms with van der Waals surface area (Å²) in [6.45, 7) is 5.08. The Kier molecular flexibility index (Phi) is 1.86. The first-order valence-corrected chi connectivity index (χ1v) is 3.12. The summed E-state index contributed by atoms with van der Waals surface area (Å²) in [7, 11) is 0. The van der Waals surface area contributed by atoms with E-state index in [1.165, 1.54) is 0 Å². The molecule has 1 aromatic rings. The Labute approximate surface area is 60.0 Å². The molecule has 1 rings (SSSR count). The minimum absolute atomic E-state index is 0.363. The van der Waals surface area contributed by atoms with Crippen molar-refractivity contribution in [1.29, 1.82) is 0 Å². The topological polar surface area (TPSA) is 0 Å². The molecule has 1 heteroatoms. The largest absolute Gasteiger partial charge is 0.207 e. The Morgan fingerprint density at radius 1 is 1.40 bits per heavy atom. The standard InChI is InChI=1S/C9H9F/c1-7-5-3-4-6-9(7)8(2)10/h3-6H,2H2,1H3. The van der Waals surface area contributed by atoms with E-state index in [2.05, 4.69) is 6.58 Å². The van der Waals surface area contributed by atoms with Gasteiger partial charge in [-0.25, -0.2) is 4.39 Å². The van der Waals surface area contributed by atoms with Crippen LogP contribution < -0.4 is 0 Å². The first-order valence-electron chi connectivity index (χ1n) is 3.12. The maximum absolute atomic E-state index is 12.5. The fourth-order valence-corrected chi connectivity index (χ4v) is 0.877. The molecule has 0 bridgehead atoms. The van der Waals surface area contributed by atoms with Crippen molar-refractivity contribution in [2.75, 3.05) is 0 Å². The molecule has 0 spiro atoms. The molecule has 0 aliphatic heterocycles. The highest BCUT2D eigenvalue weighted by molar-refractivity contribution is 5.59. The summed E-state index contributed by atoms with van der Waals surface area (Å²) >= 11 is 0. The zero-order chi connectivity index (χ0) is 7.56. The fraction of sp³-hybridized carbons (Fsp3) is 0.111. The number of rotatable bonds is 1. The van der Waals surface area contributed by atoms with E-state index in [1.54, 1.807) is 12.1 Å². The van der Waals surface area contributed by atoms with Crippen LogP contribution in [0.25, 0.3) is 5.83 Å². The van der Waals surface area contributed by atoms with Gasteiger partial charge in [-0.3, -0.25) is 0 Å². The van der Waals surface area contributed by atoms with Crippen LogP contribution in [0.3, 0.4) is 0 Å². The SMILES string of the molecule is C=C(F)c1ccccc1C. The Morgan fingerprint density at radius 3 is 2.40 bits per heavy atom. The molecule has 0 aliphatic rings. The molecule has 0 saturated heterocycles. The summed E-state index contributed by atoms with van der Waals surface area (Å²) in [6.07, 6.45) is 0. The van der Waals surface area contributed by atoms with Crippen molar-refractivity contribution in [3.8, 4) is 0 Å². The second-order valence-corrected chi connectivity index (χ2v) is 2.22. The van der Waals surface area contributed by atoms with Crippen molar-refractivity contribution in [3.63, 3.8) is 0 Å². The highest BCUT2D eigenvalue weighted by Crippen LogP contribution is 2.16. The molecular formula is C9H9F. The van der Waals surface area contributed by atoms with E-state index in [-0.39, 0.29) is 5.83 Å². The van der Waals surface area contributed by atoms with Crippen molar-refractivity contribution >= 4 is 5.83 Å². The number of halogens is 1. The summed E-state index contributed by atoms with van der Waals surface area (Å²) in [5.41, 5.74) is 1.53. The number of aryl methyl sites for hydroxylation is 1. The Hall–Kier alpha value is -1.11. The molecule has 0 amide bonds. The molecule has 0 nitrogen and oxygen atoms in total. The smallest absolute Gasteiger partial charge is 0.123 e. The fourth-order valence-electron chi connectivity index (χ4n) is 0.877. The molecule has 0 unspecified atom stereocenters. The monoisotopic (exact) mass is 136 g/mol. The average Bonchev–Trinajstić information content (AvgIpc) is 1.88. The molecule has 0 heterocycles. The molecule has 0 radical (unpaired) electrons. The van der Waals surface area contributed by atoms with Gasteiger partial charge in [-0.15, -0.1) is 0 Å². The second-order valence-electron chi connectivity index (χ2n) is 2.22. The molecule has 0 aliphatic carbocycles. The van der Waals surface area contributed by atoms with Crippen LogP contribution in [0, 0.1) is 6.92 Å². The van der Waals surface area contributed by atoms with Gasteiger partial charge in [0.05, 0.1) is 0 Å². The first-order chi connectivity index (χ1) is 4.72. The molecule has 1 aromatic carbocycles. The number of hydrogen-bond acceptors (Lipinski definition) is 0. The Morgan fingerprint density at radius 2 is 2.00 bits per heavy atom. The third-order valence-electron chi connectivity index (χ3n) is 1.44. The summed E-state index contributed by atoms with van der Waals surface area (Å²) in [5.74, 6) is -0.363. The molecule has 0 N–H and O–H groups in total. The van der Waals surface area contributed by atoms with Crippen LogP contribution in [0.2, 0.25) is 0 Å². The average molecular weight is 136 g/mol. The number of benzene rings is 1. The zero-order valence-corrected chi connectivity index (χ0v) is 5.89. The van der Waals surface area contributed by atoms with Gasteiger partial charge in [-0.1, -0.05) is 30.8 Å². The molecule has 0 fully saturated rings. The third kappa shape index (κ3) is 1.24. The predicted molar refractivity (Wildman–Crippen MR) is 41.3 cm³/mol. The van der Waals surface area contributed by atoms with Crippen LogP contribution >= 0.6 is 0 Å². The van der Waals surface area contributed by atoms with E-state index in [4.69, 9.17) is 0 Å². The van der Waals surface area contributed by atoms with Gasteiger partial charge in [0.25, 0.3) is 0 Å². The van der Waals surface area contributed by atoms with Crippen molar-refractivity contribution in [2.45, 2.75) is 6.92 Å². The van der Waals surface area contributed by atoms with Gasteiger partial charge < -0.3 is 0 Å². The van der Waals surface area contributed by atoms with Crippen molar-refractivity contribution < 1.29 is 4.39 Å². The third-order valence-corrected chi connectivity index (χ3v) is 1.44. The van der Waals surface area contributed by atoms with E-state index >= 15 is 0 Å². The summed E-state index contributed by atoms with van der Waals surface area (Å²) in [4.78, 5) is 0.